The lowest BCUT2D eigenvalue weighted by atomic mass is 9.36. The standard InChI is InChI=1S/C36H46B8F4N4O2S/c1-3-50(4-2)35(41,42)36(43,44)52(16-24-28(37)30(39)27(31(40)29(24)38)20-10-12-21(13-11-20)34(46,47)48)26(53)17-51-25-7-5-6-23(25)32(54)49-33(51)55-18-19-8-14-22(45)15-9-19/h8-15H,3-7,16-18,37-44H2,1-2H3. The predicted molar refractivity (Wildman–Crippen MR) is 239 cm³/mol. The quantitative estimate of drug-likeness (QED) is 0.0605. The maximum Gasteiger partial charge on any atom is 0.416 e. The Labute approximate surface area is 333 Å². The third kappa shape index (κ3) is 8.48. The lowest BCUT2D eigenvalue weighted by Crippen LogP contribution is -2.74. The zero-order chi connectivity index (χ0) is 40.6. The fourth-order valence-corrected chi connectivity index (χ4v) is 9.15. The van der Waals surface area contributed by atoms with Crippen molar-refractivity contribution in [2.45, 2.75) is 74.0 Å². The lowest BCUT2D eigenvalue weighted by molar-refractivity contribution is -0.137. The van der Waals surface area contributed by atoms with Crippen LogP contribution in [0.5, 0.6) is 0 Å². The van der Waals surface area contributed by atoms with Crippen molar-refractivity contribution in [3.8, 4) is 11.1 Å². The molecule has 19 heteroatoms. The van der Waals surface area contributed by atoms with Crippen molar-refractivity contribution >= 4 is 102 Å². The molecule has 6 nitrogen and oxygen atoms in total. The summed E-state index contributed by atoms with van der Waals surface area (Å²) in [6.07, 6.45) is -2.34. The number of hydrogen-bond donors (Lipinski definition) is 0. The third-order valence-corrected chi connectivity index (χ3v) is 13.4. The SMILES string of the molecule is Bc1c(B)c(-c2ccc(C(F)(F)F)cc2)c(B)c(B)c1CN(C(=O)Cn1c(SCc2ccc(F)cc2)nc(=O)c2c1CCC2)C(B)(B)C(B)(B)N(CC)CC. The van der Waals surface area contributed by atoms with Gasteiger partial charge in [-0.15, -0.1) is 0 Å². The van der Waals surface area contributed by atoms with Crippen molar-refractivity contribution < 1.29 is 22.4 Å². The Morgan fingerprint density at radius 2 is 1.44 bits per heavy atom. The zero-order valence-corrected chi connectivity index (χ0v) is 34.6. The fraction of sp³-hybridized carbons (Fsp3) is 0.361. The molecule has 0 bridgehead atoms. The molecule has 0 saturated carbocycles. The number of hydrogen-bond acceptors (Lipinski definition) is 5. The molecular formula is C36H46B8F4N4O2S. The van der Waals surface area contributed by atoms with Crippen LogP contribution in [0.15, 0.2) is 58.5 Å². The molecule has 1 aliphatic rings. The van der Waals surface area contributed by atoms with E-state index < -0.39 is 22.4 Å². The first kappa shape index (κ1) is 42.7. The van der Waals surface area contributed by atoms with Crippen LogP contribution in [0, 0.1) is 5.82 Å². The molecule has 3 aromatic carbocycles. The summed E-state index contributed by atoms with van der Waals surface area (Å²) in [6, 6.07) is 11.5. The number of fused-ring (bicyclic) bond motifs is 1. The molecule has 0 radical (unpaired) electrons. The monoisotopic (exact) mass is 762 g/mol. The van der Waals surface area contributed by atoms with Gasteiger partial charge in [-0.25, -0.2) is 4.39 Å². The molecule has 0 fully saturated rings. The summed E-state index contributed by atoms with van der Waals surface area (Å²) in [5.74, 6) is 0.00762. The Hall–Kier alpha value is -3.44. The van der Waals surface area contributed by atoms with E-state index in [0.717, 1.165) is 75.9 Å². The van der Waals surface area contributed by atoms with Crippen molar-refractivity contribution in [2.24, 2.45) is 0 Å². The van der Waals surface area contributed by atoms with Gasteiger partial charge in [-0.1, -0.05) is 71.7 Å². The lowest BCUT2D eigenvalue weighted by Gasteiger charge is -2.56. The number of nitrogens with zero attached hydrogens (tertiary/aromatic N) is 4. The number of carbonyl (C=O) groups excluding carboxylic acids is 1. The van der Waals surface area contributed by atoms with Crippen molar-refractivity contribution in [1.29, 1.82) is 0 Å². The van der Waals surface area contributed by atoms with E-state index in [9.17, 15) is 22.4 Å². The molecule has 0 spiro atoms. The molecule has 1 aromatic heterocycles. The summed E-state index contributed by atoms with van der Waals surface area (Å²) in [7, 11) is 16.6. The normalized spacial score (nSPS) is 13.3. The molecule has 1 heterocycles. The van der Waals surface area contributed by atoms with Crippen LogP contribution in [-0.4, -0.2) is 112 Å². The van der Waals surface area contributed by atoms with Crippen molar-refractivity contribution in [3.63, 3.8) is 0 Å². The zero-order valence-electron chi connectivity index (χ0n) is 33.8. The number of carbonyl (C=O) groups is 1. The van der Waals surface area contributed by atoms with Crippen molar-refractivity contribution in [1.82, 2.24) is 19.4 Å². The fourth-order valence-electron chi connectivity index (χ4n) is 8.18. The van der Waals surface area contributed by atoms with Crippen LogP contribution in [0.25, 0.3) is 11.1 Å². The Morgan fingerprint density at radius 1 is 0.855 bits per heavy atom. The summed E-state index contributed by atoms with van der Waals surface area (Å²) in [5.41, 5.74) is 7.89. The second kappa shape index (κ2) is 16.6. The Balaban J connectivity index is 1.61. The van der Waals surface area contributed by atoms with Crippen LogP contribution in [-0.2, 0) is 42.7 Å². The summed E-state index contributed by atoms with van der Waals surface area (Å²) in [4.78, 5) is 37.3. The minimum absolute atomic E-state index is 0.0151. The highest BCUT2D eigenvalue weighted by Gasteiger charge is 2.46. The number of thioether (sulfide) groups is 1. The molecular weight excluding hydrogens is 715 g/mol. The first-order valence-electron chi connectivity index (χ1n) is 19.1. The van der Waals surface area contributed by atoms with E-state index in [-0.39, 0.29) is 23.8 Å². The summed E-state index contributed by atoms with van der Waals surface area (Å²) >= 11 is 1.37. The molecule has 1 amide bonds. The summed E-state index contributed by atoms with van der Waals surface area (Å²) < 4.78 is 55.9. The summed E-state index contributed by atoms with van der Waals surface area (Å²) in [5, 5.41) is -0.716. The van der Waals surface area contributed by atoms with Crippen LogP contribution < -0.4 is 27.4 Å². The van der Waals surface area contributed by atoms with Gasteiger partial charge in [0.15, 0.2) is 5.16 Å². The molecule has 0 unspecified atom stereocenters. The first-order valence-corrected chi connectivity index (χ1v) is 20.0. The smallest absolute Gasteiger partial charge is 0.347 e. The number of aromatic nitrogens is 2. The minimum atomic E-state index is -4.42. The maximum atomic E-state index is 15.2. The Morgan fingerprint density at radius 3 is 1.98 bits per heavy atom. The molecule has 0 atom stereocenters. The molecule has 1 aliphatic carbocycles. The van der Waals surface area contributed by atoms with Crippen LogP contribution in [0.1, 0.15) is 48.2 Å². The van der Waals surface area contributed by atoms with E-state index in [0.29, 0.717) is 41.4 Å². The van der Waals surface area contributed by atoms with Gasteiger partial charge in [-0.3, -0.25) is 9.59 Å². The number of likely N-dealkylation sites (N-methyl/N-ethyl adjacent to an activating group) is 1. The second-order valence-corrected chi connectivity index (χ2v) is 16.6. The highest BCUT2D eigenvalue weighted by Crippen LogP contribution is 2.32. The molecule has 5 rings (SSSR count). The van der Waals surface area contributed by atoms with Gasteiger partial charge >= 0.3 is 6.18 Å². The van der Waals surface area contributed by atoms with E-state index in [2.05, 4.69) is 55.1 Å². The van der Waals surface area contributed by atoms with Crippen molar-refractivity contribution in [2.75, 3.05) is 13.1 Å². The predicted octanol–water partition coefficient (Wildman–Crippen LogP) is -3.91. The van der Waals surface area contributed by atoms with Crippen LogP contribution in [0.2, 0.25) is 0 Å². The Bertz CT molecular complexity index is 2100. The van der Waals surface area contributed by atoms with Crippen LogP contribution in [0.4, 0.5) is 17.6 Å². The van der Waals surface area contributed by atoms with Gasteiger partial charge in [-0.2, -0.15) is 18.2 Å². The van der Waals surface area contributed by atoms with E-state index in [1.807, 2.05) is 40.9 Å². The van der Waals surface area contributed by atoms with Gasteiger partial charge in [0.05, 0.1) is 5.56 Å². The molecule has 0 N–H and O–H groups in total. The minimum Gasteiger partial charge on any atom is -0.347 e. The molecule has 4 aromatic rings. The number of rotatable bonds is 13. The third-order valence-electron chi connectivity index (χ3n) is 12.4. The topological polar surface area (TPSA) is 58.4 Å². The molecule has 55 heavy (non-hydrogen) atoms. The Kier molecular flexibility index (Phi) is 12.9. The molecule has 0 aliphatic heterocycles. The maximum absolute atomic E-state index is 15.2. The first-order chi connectivity index (χ1) is 25.7. The molecule has 280 valence electrons. The van der Waals surface area contributed by atoms with Gasteiger partial charge in [0.2, 0.25) is 5.91 Å². The number of halogens is 4. The highest BCUT2D eigenvalue weighted by atomic mass is 32.2. The van der Waals surface area contributed by atoms with E-state index in [1.54, 1.807) is 12.1 Å². The van der Waals surface area contributed by atoms with E-state index in [1.165, 1.54) is 36.0 Å². The van der Waals surface area contributed by atoms with Gasteiger partial charge in [0.25, 0.3) is 5.56 Å². The molecule has 0 saturated heterocycles. The number of amides is 1. The van der Waals surface area contributed by atoms with E-state index in [4.69, 9.17) is 0 Å². The van der Waals surface area contributed by atoms with Gasteiger partial charge in [-0.05, 0) is 89.5 Å². The average molecular weight is 761 g/mol. The van der Waals surface area contributed by atoms with E-state index >= 15 is 4.79 Å². The second-order valence-electron chi connectivity index (χ2n) is 15.7. The van der Waals surface area contributed by atoms with Crippen LogP contribution >= 0.6 is 11.8 Å². The van der Waals surface area contributed by atoms with Crippen LogP contribution in [0.3, 0.4) is 0 Å². The average Bonchev–Trinajstić information content (AvgIpc) is 3.63. The van der Waals surface area contributed by atoms with Gasteiger partial charge in [0.1, 0.15) is 75.1 Å². The van der Waals surface area contributed by atoms with Gasteiger partial charge in [0, 0.05) is 23.6 Å². The van der Waals surface area contributed by atoms with Crippen molar-refractivity contribution in [3.05, 3.63) is 92.6 Å². The summed E-state index contributed by atoms with van der Waals surface area (Å²) in [6.45, 7) is 6.10. The number of benzene rings is 3. The van der Waals surface area contributed by atoms with Gasteiger partial charge < -0.3 is 14.4 Å². The highest BCUT2D eigenvalue weighted by molar-refractivity contribution is 7.98. The largest absolute Gasteiger partial charge is 0.416 e. The number of alkyl halides is 3.